The van der Waals surface area contributed by atoms with E-state index in [2.05, 4.69) is 29.6 Å². The molecule has 1 saturated carbocycles. The monoisotopic (exact) mass is 392 g/mol. The molecule has 0 aliphatic heterocycles. The Hall–Kier alpha value is -2.82. The summed E-state index contributed by atoms with van der Waals surface area (Å²) in [6.45, 7) is 1.70. The summed E-state index contributed by atoms with van der Waals surface area (Å²) in [4.78, 5) is 24.4. The Morgan fingerprint density at radius 1 is 1.00 bits per heavy atom. The van der Waals surface area contributed by atoms with Gasteiger partial charge in [-0.2, -0.15) is 0 Å². The number of fused-ring (bicyclic) bond motifs is 3. The molecule has 0 aromatic heterocycles. The highest BCUT2D eigenvalue weighted by Crippen LogP contribution is 2.44. The number of nitrogens with one attached hydrogen (secondary N) is 1. The van der Waals surface area contributed by atoms with Gasteiger partial charge in [-0.15, -0.1) is 0 Å². The van der Waals surface area contributed by atoms with Crippen molar-refractivity contribution < 1.29 is 19.4 Å². The first kappa shape index (κ1) is 19.5. The van der Waals surface area contributed by atoms with Crippen molar-refractivity contribution in [2.75, 3.05) is 6.61 Å². The van der Waals surface area contributed by atoms with Crippen LogP contribution in [0.3, 0.4) is 0 Å². The molecule has 2 aliphatic rings. The minimum Gasteiger partial charge on any atom is -0.548 e. The minimum absolute atomic E-state index is 0.0583. The van der Waals surface area contributed by atoms with Gasteiger partial charge in [0.2, 0.25) is 0 Å². The summed E-state index contributed by atoms with van der Waals surface area (Å²) in [6.07, 6.45) is 3.89. The Bertz CT molecular complexity index is 873. The largest absolute Gasteiger partial charge is 0.548 e. The molecule has 2 aliphatic carbocycles. The second kappa shape index (κ2) is 7.90. The van der Waals surface area contributed by atoms with E-state index >= 15 is 0 Å². The average Bonchev–Trinajstić information content (AvgIpc) is 3.06. The Kier molecular flexibility index (Phi) is 5.31. The van der Waals surface area contributed by atoms with Crippen LogP contribution in [0.5, 0.6) is 0 Å². The fraction of sp³-hybridized carbons (Fsp3) is 0.417. The molecule has 5 heteroatoms. The molecule has 0 radical (unpaired) electrons. The van der Waals surface area contributed by atoms with Crippen molar-refractivity contribution in [2.24, 2.45) is 5.92 Å². The van der Waals surface area contributed by atoms with Gasteiger partial charge < -0.3 is 20.0 Å². The third kappa shape index (κ3) is 3.61. The topological polar surface area (TPSA) is 78.5 Å². The molecule has 29 heavy (non-hydrogen) atoms. The number of carbonyl (C=O) groups is 2. The van der Waals surface area contributed by atoms with Crippen LogP contribution < -0.4 is 10.4 Å². The number of carboxylic acids is 1. The van der Waals surface area contributed by atoms with Gasteiger partial charge in [0.25, 0.3) is 0 Å². The van der Waals surface area contributed by atoms with E-state index in [9.17, 15) is 14.7 Å². The van der Waals surface area contributed by atoms with Crippen molar-refractivity contribution in [1.29, 1.82) is 0 Å². The molecule has 1 N–H and O–H groups in total. The van der Waals surface area contributed by atoms with E-state index in [4.69, 9.17) is 4.74 Å². The van der Waals surface area contributed by atoms with Crippen LogP contribution in [0.25, 0.3) is 11.1 Å². The Morgan fingerprint density at radius 3 is 2.10 bits per heavy atom. The van der Waals surface area contributed by atoms with Crippen LogP contribution in [0.4, 0.5) is 4.79 Å². The standard InChI is InChI=1S/C24H27NO4/c1-24(22(26)27,16-9-3-2-4-10-16)25-23(28)29-15-21-19-13-7-5-11-17(19)18-12-6-8-14-20(18)21/h5-8,11-14,16,21H,2-4,9-10,15H2,1H3,(H,25,28)(H,26,27)/p-1/t24-/m0/s1. The van der Waals surface area contributed by atoms with Gasteiger partial charge in [-0.3, -0.25) is 0 Å². The van der Waals surface area contributed by atoms with Crippen LogP contribution >= 0.6 is 0 Å². The predicted octanol–water partition coefficient (Wildman–Crippen LogP) is 3.61. The molecule has 0 heterocycles. The zero-order valence-electron chi connectivity index (χ0n) is 16.6. The molecule has 2 aromatic carbocycles. The second-order valence-corrected chi connectivity index (χ2v) is 8.28. The summed E-state index contributed by atoms with van der Waals surface area (Å²) in [6, 6.07) is 16.2. The minimum atomic E-state index is -1.41. The van der Waals surface area contributed by atoms with E-state index in [1.807, 2.05) is 24.3 Å². The number of benzene rings is 2. The van der Waals surface area contributed by atoms with Crippen molar-refractivity contribution in [3.8, 4) is 11.1 Å². The van der Waals surface area contributed by atoms with Crippen molar-refractivity contribution in [2.45, 2.75) is 50.5 Å². The molecule has 4 rings (SSSR count). The van der Waals surface area contributed by atoms with Crippen molar-refractivity contribution in [3.05, 3.63) is 59.7 Å². The molecule has 152 valence electrons. The van der Waals surface area contributed by atoms with Crippen molar-refractivity contribution in [3.63, 3.8) is 0 Å². The van der Waals surface area contributed by atoms with E-state index in [1.54, 1.807) is 6.92 Å². The van der Waals surface area contributed by atoms with Crippen LogP contribution in [0, 0.1) is 5.92 Å². The van der Waals surface area contributed by atoms with Gasteiger partial charge in [0.15, 0.2) is 0 Å². The third-order valence-electron chi connectivity index (χ3n) is 6.55. The summed E-state index contributed by atoms with van der Waals surface area (Å²) in [7, 11) is 0. The summed E-state index contributed by atoms with van der Waals surface area (Å²) in [5.74, 6) is -1.45. The van der Waals surface area contributed by atoms with Crippen molar-refractivity contribution in [1.82, 2.24) is 5.32 Å². The molecule has 0 bridgehead atoms. The van der Waals surface area contributed by atoms with Crippen LogP contribution in [0.1, 0.15) is 56.1 Å². The fourth-order valence-electron chi connectivity index (χ4n) is 4.85. The molecule has 0 unspecified atom stereocenters. The second-order valence-electron chi connectivity index (χ2n) is 8.28. The summed E-state index contributed by atoms with van der Waals surface area (Å²) in [5, 5.41) is 14.5. The van der Waals surface area contributed by atoms with Crippen molar-refractivity contribution >= 4 is 12.1 Å². The van der Waals surface area contributed by atoms with Gasteiger partial charge in [0.1, 0.15) is 6.61 Å². The Balaban J connectivity index is 1.47. The average molecular weight is 392 g/mol. The van der Waals surface area contributed by atoms with Crippen LogP contribution in [0.15, 0.2) is 48.5 Å². The van der Waals surface area contributed by atoms with E-state index in [0.717, 1.165) is 54.4 Å². The van der Waals surface area contributed by atoms with E-state index < -0.39 is 17.6 Å². The van der Waals surface area contributed by atoms with Gasteiger partial charge in [-0.1, -0.05) is 67.8 Å². The maximum absolute atomic E-state index is 12.6. The molecular formula is C24H26NO4-. The fourth-order valence-corrected chi connectivity index (χ4v) is 4.85. The third-order valence-corrected chi connectivity index (χ3v) is 6.55. The highest BCUT2D eigenvalue weighted by atomic mass is 16.5. The number of rotatable bonds is 5. The quantitative estimate of drug-likeness (QED) is 0.843. The SMILES string of the molecule is C[C@@](NC(=O)OCC1c2ccccc2-c2ccccc21)(C(=O)[O-])C1CCCCC1. The van der Waals surface area contributed by atoms with E-state index in [-0.39, 0.29) is 18.4 Å². The molecule has 0 spiro atoms. The first-order chi connectivity index (χ1) is 14.0. The first-order valence-corrected chi connectivity index (χ1v) is 10.4. The number of carboxylic acid groups (broad SMARTS) is 1. The number of amides is 1. The van der Waals surface area contributed by atoms with Gasteiger partial charge in [0.05, 0.1) is 11.5 Å². The summed E-state index contributed by atoms with van der Waals surface area (Å²) in [5.41, 5.74) is 3.13. The maximum atomic E-state index is 12.6. The number of carbonyl (C=O) groups excluding carboxylic acids is 2. The smallest absolute Gasteiger partial charge is 0.407 e. The Morgan fingerprint density at radius 2 is 1.55 bits per heavy atom. The highest BCUT2D eigenvalue weighted by molar-refractivity contribution is 5.83. The number of ether oxygens (including phenoxy) is 1. The molecule has 1 amide bonds. The number of hydrogen-bond acceptors (Lipinski definition) is 4. The molecule has 1 fully saturated rings. The molecule has 1 atom stereocenters. The number of hydrogen-bond donors (Lipinski definition) is 1. The normalized spacial score (nSPS) is 18.4. The lowest BCUT2D eigenvalue weighted by Crippen LogP contribution is -2.62. The molecular weight excluding hydrogens is 366 g/mol. The predicted molar refractivity (Wildman–Crippen MR) is 108 cm³/mol. The van der Waals surface area contributed by atoms with Crippen LogP contribution in [-0.4, -0.2) is 24.2 Å². The zero-order valence-corrected chi connectivity index (χ0v) is 16.6. The lowest BCUT2D eigenvalue weighted by atomic mass is 9.75. The van der Waals surface area contributed by atoms with Gasteiger partial charge in [-0.05, 0) is 47.9 Å². The van der Waals surface area contributed by atoms with Crippen LogP contribution in [0.2, 0.25) is 0 Å². The highest BCUT2D eigenvalue weighted by Gasteiger charge is 2.38. The summed E-state index contributed by atoms with van der Waals surface area (Å²) >= 11 is 0. The van der Waals surface area contributed by atoms with Gasteiger partial charge in [0, 0.05) is 5.92 Å². The lowest BCUT2D eigenvalue weighted by molar-refractivity contribution is -0.316. The number of aliphatic carboxylic acids is 1. The first-order valence-electron chi connectivity index (χ1n) is 10.4. The Labute approximate surface area is 171 Å². The zero-order chi connectivity index (χ0) is 20.4. The van der Waals surface area contributed by atoms with Gasteiger partial charge >= 0.3 is 6.09 Å². The van der Waals surface area contributed by atoms with E-state index in [1.165, 1.54) is 0 Å². The molecule has 2 aromatic rings. The van der Waals surface area contributed by atoms with Crippen LogP contribution in [-0.2, 0) is 9.53 Å². The summed E-state index contributed by atoms with van der Waals surface area (Å²) < 4.78 is 5.54. The van der Waals surface area contributed by atoms with E-state index in [0.29, 0.717) is 0 Å². The molecule has 5 nitrogen and oxygen atoms in total. The molecule has 0 saturated heterocycles. The number of alkyl carbamates (subject to hydrolysis) is 1. The lowest BCUT2D eigenvalue weighted by Gasteiger charge is -2.40. The van der Waals surface area contributed by atoms with Gasteiger partial charge in [-0.25, -0.2) is 4.79 Å². The maximum Gasteiger partial charge on any atom is 0.407 e.